The van der Waals surface area contributed by atoms with Gasteiger partial charge in [0.25, 0.3) is 0 Å². The first-order valence-corrected chi connectivity index (χ1v) is 10.4. The number of hydrogen-bond acceptors (Lipinski definition) is 7. The van der Waals surface area contributed by atoms with Crippen LogP contribution in [0.5, 0.6) is 0 Å². The van der Waals surface area contributed by atoms with Crippen LogP contribution in [-0.4, -0.2) is 32.4 Å². The molecule has 4 N–H and O–H groups in total. The van der Waals surface area contributed by atoms with Gasteiger partial charge in [-0.2, -0.15) is 0 Å². The number of rotatable bonds is 7. The van der Waals surface area contributed by atoms with Crippen LogP contribution in [0.25, 0.3) is 0 Å². The summed E-state index contributed by atoms with van der Waals surface area (Å²) in [6.45, 7) is 3.75. The molecule has 1 aromatic heterocycles. The van der Waals surface area contributed by atoms with Crippen molar-refractivity contribution in [2.24, 2.45) is 4.99 Å². The fraction of sp³-hybridized carbons (Fsp3) is 0.400. The Bertz CT molecular complexity index is 897. The minimum atomic E-state index is -2.16. The molecular formula is C15H20BrFN6O2S. The molecule has 1 heterocycles. The predicted octanol–water partition coefficient (Wildman–Crippen LogP) is 4.05. The molecule has 0 fully saturated rings. The summed E-state index contributed by atoms with van der Waals surface area (Å²) in [5, 5.41) is 17.0. The van der Waals surface area contributed by atoms with E-state index in [2.05, 4.69) is 31.2 Å². The molecule has 0 aliphatic carbocycles. The summed E-state index contributed by atoms with van der Waals surface area (Å²) < 4.78 is 34.4. The van der Waals surface area contributed by atoms with E-state index in [0.717, 1.165) is 0 Å². The molecule has 11 heteroatoms. The lowest BCUT2D eigenvalue weighted by Crippen LogP contribution is -2.22. The highest BCUT2D eigenvalue weighted by Crippen LogP contribution is 2.23. The molecule has 0 saturated carbocycles. The van der Waals surface area contributed by atoms with E-state index in [0.29, 0.717) is 30.0 Å². The Morgan fingerprint density at radius 3 is 2.77 bits per heavy atom. The van der Waals surface area contributed by atoms with Gasteiger partial charge < -0.3 is 0 Å². The van der Waals surface area contributed by atoms with Crippen LogP contribution in [0.2, 0.25) is 0 Å². The average Bonchev–Trinajstić information content (AvgIpc) is 3.04. The van der Waals surface area contributed by atoms with Gasteiger partial charge in [0.05, 0.1) is 10.2 Å². The van der Waals surface area contributed by atoms with Crippen molar-refractivity contribution in [3.05, 3.63) is 39.9 Å². The van der Waals surface area contributed by atoms with Gasteiger partial charge in [0.1, 0.15) is 11.5 Å². The molecule has 26 heavy (non-hydrogen) atoms. The summed E-state index contributed by atoms with van der Waals surface area (Å²) in [5.74, 6) is 0.0353. The number of hydrogen-bond donors (Lipinski definition) is 4. The minimum absolute atomic E-state index is 0.00874. The lowest BCUT2D eigenvalue weighted by atomic mass is 10.2. The summed E-state index contributed by atoms with van der Waals surface area (Å²) in [5.41, 5.74) is 3.05. The number of nitrogens with one attached hydrogen (secondary N) is 3. The summed E-state index contributed by atoms with van der Waals surface area (Å²) in [6.07, 6.45) is 1.01. The van der Waals surface area contributed by atoms with E-state index in [4.69, 9.17) is 14.2 Å². The number of benzene rings is 1. The van der Waals surface area contributed by atoms with E-state index < -0.39 is 15.4 Å². The lowest BCUT2D eigenvalue weighted by Gasteiger charge is -2.14. The minimum Gasteiger partial charge on any atom is -0.290 e. The number of amidine groups is 1. The zero-order valence-corrected chi connectivity index (χ0v) is 16.7. The first-order valence-electron chi connectivity index (χ1n) is 7.79. The van der Waals surface area contributed by atoms with Crippen LogP contribution in [0.3, 0.4) is 0 Å². The van der Waals surface area contributed by atoms with E-state index in [9.17, 15) is 9.60 Å². The molecule has 0 bridgehead atoms. The van der Waals surface area contributed by atoms with Crippen LogP contribution in [0.15, 0.2) is 32.3 Å². The van der Waals surface area contributed by atoms with Crippen molar-refractivity contribution in [2.75, 3.05) is 5.75 Å². The summed E-state index contributed by atoms with van der Waals surface area (Å²) >= 11 is 3.08. The zero-order chi connectivity index (χ0) is 19.3. The third-order valence-corrected chi connectivity index (χ3v) is 6.87. The number of aryl methyl sites for hydroxylation is 1. The van der Waals surface area contributed by atoms with Crippen molar-refractivity contribution in [2.45, 2.75) is 31.9 Å². The highest BCUT2D eigenvalue weighted by Gasteiger charge is 2.17. The van der Waals surface area contributed by atoms with Gasteiger partial charge in [0, 0.05) is 11.0 Å². The Morgan fingerprint density at radius 1 is 1.42 bits per heavy atom. The number of hydroxylamine groups is 1. The van der Waals surface area contributed by atoms with Crippen molar-refractivity contribution in [3.63, 3.8) is 0 Å². The van der Waals surface area contributed by atoms with Crippen LogP contribution in [0.4, 0.5) is 10.1 Å². The van der Waals surface area contributed by atoms with Crippen molar-refractivity contribution in [1.82, 2.24) is 15.8 Å². The van der Waals surface area contributed by atoms with Gasteiger partial charge >= 0.3 is 0 Å². The molecule has 142 valence electrons. The quantitative estimate of drug-likeness (QED) is 0.289. The Kier molecular flexibility index (Phi) is 6.84. The molecule has 0 spiro atoms. The average molecular weight is 447 g/mol. The highest BCUT2D eigenvalue weighted by molar-refractivity contribution is 9.10. The second kappa shape index (κ2) is 8.69. The van der Waals surface area contributed by atoms with E-state index in [1.54, 1.807) is 0 Å². The largest absolute Gasteiger partial charge is 0.290 e. The molecule has 0 aliphatic heterocycles. The van der Waals surface area contributed by atoms with Crippen LogP contribution >= 0.6 is 15.9 Å². The van der Waals surface area contributed by atoms with Gasteiger partial charge in [-0.25, -0.2) is 14.0 Å². The van der Waals surface area contributed by atoms with Gasteiger partial charge in [-0.3, -0.25) is 20.2 Å². The van der Waals surface area contributed by atoms with Crippen molar-refractivity contribution < 1.29 is 14.2 Å². The van der Waals surface area contributed by atoms with Crippen molar-refractivity contribution in [1.29, 1.82) is 9.56 Å². The first-order chi connectivity index (χ1) is 12.2. The molecule has 0 unspecified atom stereocenters. The maximum atomic E-state index is 13.3. The van der Waals surface area contributed by atoms with Gasteiger partial charge in [-0.1, -0.05) is 28.6 Å². The Morgan fingerprint density at radius 2 is 2.15 bits per heavy atom. The van der Waals surface area contributed by atoms with Gasteiger partial charge in [0.2, 0.25) is 0 Å². The summed E-state index contributed by atoms with van der Waals surface area (Å²) in [4.78, 5) is 4.19. The van der Waals surface area contributed by atoms with Crippen molar-refractivity contribution in [3.8, 4) is 0 Å². The predicted molar refractivity (Wildman–Crippen MR) is 101 cm³/mol. The van der Waals surface area contributed by atoms with Crippen LogP contribution in [0.1, 0.15) is 31.7 Å². The summed E-state index contributed by atoms with van der Waals surface area (Å²) in [6, 6.07) is 4.15. The second-order valence-corrected chi connectivity index (χ2v) is 9.67. The number of nitrogens with zero attached hydrogens (tertiary/aromatic N) is 3. The third-order valence-electron chi connectivity index (χ3n) is 3.72. The van der Waals surface area contributed by atoms with Crippen molar-refractivity contribution >= 4 is 37.1 Å². The molecule has 0 saturated heterocycles. The molecule has 2 aromatic rings. The van der Waals surface area contributed by atoms with Crippen LogP contribution in [-0.2, 0) is 16.0 Å². The SMILES string of the molecule is CC(C)S(=N)(=N)CCCc1nonc1C(=Nc1ccc(F)c(Br)c1)NO. The lowest BCUT2D eigenvalue weighted by molar-refractivity contribution is 0.234. The maximum absolute atomic E-state index is 13.3. The number of aromatic nitrogens is 2. The fourth-order valence-corrected chi connectivity index (χ4v) is 3.51. The van der Waals surface area contributed by atoms with Gasteiger partial charge in [-0.15, -0.1) is 0 Å². The molecule has 0 amide bonds. The molecule has 1 aromatic carbocycles. The fourth-order valence-electron chi connectivity index (χ4n) is 2.07. The van der Waals surface area contributed by atoms with E-state index >= 15 is 0 Å². The molecular weight excluding hydrogens is 427 g/mol. The Balaban J connectivity index is 2.18. The van der Waals surface area contributed by atoms with E-state index in [1.807, 2.05) is 19.3 Å². The molecule has 0 atom stereocenters. The maximum Gasteiger partial charge on any atom is 0.181 e. The number of halogens is 2. The smallest absolute Gasteiger partial charge is 0.181 e. The summed E-state index contributed by atoms with van der Waals surface area (Å²) in [7, 11) is -2.16. The Hall–Kier alpha value is -1.85. The first kappa shape index (κ1) is 20.5. The molecule has 0 radical (unpaired) electrons. The van der Waals surface area contributed by atoms with Gasteiger partial charge in [-0.05, 0) is 52.1 Å². The monoisotopic (exact) mass is 446 g/mol. The topological polar surface area (TPSA) is 131 Å². The molecule has 2 rings (SSSR count). The molecule has 0 aliphatic rings. The normalized spacial score (nSPS) is 12.6. The van der Waals surface area contributed by atoms with E-state index in [-0.39, 0.29) is 21.3 Å². The van der Waals surface area contributed by atoms with Gasteiger partial charge in [0.15, 0.2) is 11.5 Å². The van der Waals surface area contributed by atoms with Crippen LogP contribution in [0, 0.1) is 15.4 Å². The second-order valence-electron chi connectivity index (χ2n) is 5.88. The third kappa shape index (κ3) is 5.08. The Labute approximate surface area is 159 Å². The number of aliphatic imine (C=N–C) groups is 1. The molecule has 8 nitrogen and oxygen atoms in total. The standard InChI is InChI=1S/C15H20BrFN6O2S/c1-9(2)26(18,19)7-3-4-13-14(23-25-22-13)15(21-24)20-10-5-6-12(17)11(16)8-10/h5-6,8-9,18-19,24H,3-4,7H2,1-2H3,(H,20,21). The zero-order valence-electron chi connectivity index (χ0n) is 14.3. The highest BCUT2D eigenvalue weighted by atomic mass is 79.9. The van der Waals surface area contributed by atoms with Crippen LogP contribution < -0.4 is 5.48 Å². The van der Waals surface area contributed by atoms with E-state index in [1.165, 1.54) is 18.2 Å².